The Balaban J connectivity index is 1.65. The van der Waals surface area contributed by atoms with E-state index in [2.05, 4.69) is 21.4 Å². The minimum Gasteiger partial charge on any atom is -0.324 e. The summed E-state index contributed by atoms with van der Waals surface area (Å²) in [6.45, 7) is 4.44. The summed E-state index contributed by atoms with van der Waals surface area (Å²) in [7, 11) is 0. The Labute approximate surface area is 163 Å². The van der Waals surface area contributed by atoms with Gasteiger partial charge < -0.3 is 10.2 Å². The lowest BCUT2D eigenvalue weighted by Crippen LogP contribution is -2.30. The van der Waals surface area contributed by atoms with Crippen LogP contribution in [0.5, 0.6) is 0 Å². The van der Waals surface area contributed by atoms with E-state index in [1.807, 2.05) is 50.2 Å². The number of rotatable bonds is 3. The van der Waals surface area contributed by atoms with Crippen molar-refractivity contribution in [3.8, 4) is 0 Å². The number of carbonyl (C=O) groups is 1. The van der Waals surface area contributed by atoms with Crippen LogP contribution in [0.25, 0.3) is 0 Å². The Kier molecular flexibility index (Phi) is 4.54. The molecule has 0 unspecified atom stereocenters. The molecular formula is C21H19ClN4O. The van der Waals surface area contributed by atoms with E-state index in [1.165, 1.54) is 5.56 Å². The van der Waals surface area contributed by atoms with Gasteiger partial charge in [0, 0.05) is 28.6 Å². The number of carbonyl (C=O) groups excluding carboxylic acids is 1. The first-order valence-electron chi connectivity index (χ1n) is 8.80. The van der Waals surface area contributed by atoms with Crippen LogP contribution < -0.4 is 10.2 Å². The first kappa shape index (κ1) is 17.5. The van der Waals surface area contributed by atoms with Gasteiger partial charge in [-0.3, -0.25) is 4.79 Å². The van der Waals surface area contributed by atoms with Crippen molar-refractivity contribution in [3.05, 3.63) is 76.1 Å². The summed E-state index contributed by atoms with van der Waals surface area (Å²) in [5.41, 5.74) is 4.97. The van der Waals surface area contributed by atoms with E-state index in [4.69, 9.17) is 11.6 Å². The largest absolute Gasteiger partial charge is 0.324 e. The number of fused-ring (bicyclic) bond motifs is 1. The molecule has 4 rings (SSSR count). The Morgan fingerprint density at radius 1 is 1.11 bits per heavy atom. The van der Waals surface area contributed by atoms with Crippen molar-refractivity contribution < 1.29 is 4.79 Å². The first-order valence-corrected chi connectivity index (χ1v) is 9.18. The molecule has 1 aromatic heterocycles. The van der Waals surface area contributed by atoms with Crippen molar-refractivity contribution in [3.63, 3.8) is 0 Å². The molecule has 5 nitrogen and oxygen atoms in total. The number of nitrogens with one attached hydrogen (secondary N) is 1. The molecule has 1 N–H and O–H groups in total. The number of hydrogen-bond donors (Lipinski definition) is 1. The molecular weight excluding hydrogens is 360 g/mol. The molecule has 0 saturated heterocycles. The third kappa shape index (κ3) is 3.38. The van der Waals surface area contributed by atoms with Crippen LogP contribution in [0.1, 0.15) is 27.3 Å². The molecule has 0 atom stereocenters. The quantitative estimate of drug-likeness (QED) is 0.718. The molecule has 2 aromatic carbocycles. The lowest BCUT2D eigenvalue weighted by Gasteiger charge is -2.17. The van der Waals surface area contributed by atoms with E-state index in [1.54, 1.807) is 11.0 Å². The highest BCUT2D eigenvalue weighted by atomic mass is 35.5. The highest BCUT2D eigenvalue weighted by Crippen LogP contribution is 2.29. The number of nitrogens with zero attached hydrogens (tertiary/aromatic N) is 3. The summed E-state index contributed by atoms with van der Waals surface area (Å²) in [6, 6.07) is 15.3. The maximum absolute atomic E-state index is 13.1. The average molecular weight is 379 g/mol. The predicted octanol–water partition coefficient (Wildman–Crippen LogP) is 4.69. The van der Waals surface area contributed by atoms with Gasteiger partial charge in [-0.2, -0.15) is 0 Å². The van der Waals surface area contributed by atoms with Gasteiger partial charge in [-0.15, -0.1) is 0 Å². The third-order valence-corrected chi connectivity index (χ3v) is 5.13. The second-order valence-electron chi connectivity index (χ2n) is 6.59. The van der Waals surface area contributed by atoms with E-state index in [9.17, 15) is 4.79 Å². The molecule has 1 aliphatic heterocycles. The minimum absolute atomic E-state index is 0.115. The molecule has 0 fully saturated rings. The van der Waals surface area contributed by atoms with Crippen molar-refractivity contribution >= 4 is 34.8 Å². The molecule has 1 amide bonds. The van der Waals surface area contributed by atoms with Crippen LogP contribution in [-0.4, -0.2) is 22.4 Å². The summed E-state index contributed by atoms with van der Waals surface area (Å²) in [4.78, 5) is 23.7. The molecule has 6 heteroatoms. The topological polar surface area (TPSA) is 58.1 Å². The van der Waals surface area contributed by atoms with Crippen LogP contribution in [0.15, 0.2) is 48.5 Å². The molecule has 136 valence electrons. The number of amides is 1. The van der Waals surface area contributed by atoms with Gasteiger partial charge in [-0.05, 0) is 55.7 Å². The maximum atomic E-state index is 13.1. The molecule has 3 aromatic rings. The van der Waals surface area contributed by atoms with Gasteiger partial charge in [0.05, 0.1) is 0 Å². The van der Waals surface area contributed by atoms with Gasteiger partial charge in [0.25, 0.3) is 5.91 Å². The van der Waals surface area contributed by atoms with Crippen molar-refractivity contribution in [1.29, 1.82) is 0 Å². The second-order valence-corrected chi connectivity index (χ2v) is 7.00. The van der Waals surface area contributed by atoms with Crippen molar-refractivity contribution in [1.82, 2.24) is 9.97 Å². The standard InChI is InChI=1S/C21H19ClN4O/c1-13-12-18(20(27)26-11-10-15-6-3-4-9-19(15)26)25-21(23-13)24-17-8-5-7-16(22)14(17)2/h3-9,12H,10-11H2,1-2H3,(H,23,24,25). The summed E-state index contributed by atoms with van der Waals surface area (Å²) < 4.78 is 0. The molecule has 0 radical (unpaired) electrons. The van der Waals surface area contributed by atoms with Gasteiger partial charge in [0.2, 0.25) is 5.95 Å². The number of anilines is 3. The first-order chi connectivity index (χ1) is 13.0. The average Bonchev–Trinajstić information content (AvgIpc) is 3.08. The van der Waals surface area contributed by atoms with Crippen LogP contribution in [0.3, 0.4) is 0 Å². The molecule has 0 bridgehead atoms. The summed E-state index contributed by atoms with van der Waals surface area (Å²) in [5.74, 6) is 0.271. The van der Waals surface area contributed by atoms with Crippen molar-refractivity contribution in [2.45, 2.75) is 20.3 Å². The number of para-hydroxylation sites is 1. The van der Waals surface area contributed by atoms with Gasteiger partial charge >= 0.3 is 0 Å². The zero-order chi connectivity index (χ0) is 19.0. The van der Waals surface area contributed by atoms with Crippen LogP contribution in [0.4, 0.5) is 17.3 Å². The summed E-state index contributed by atoms with van der Waals surface area (Å²) >= 11 is 6.19. The molecule has 27 heavy (non-hydrogen) atoms. The number of aromatic nitrogens is 2. The Morgan fingerprint density at radius 3 is 2.78 bits per heavy atom. The Morgan fingerprint density at radius 2 is 1.93 bits per heavy atom. The van der Waals surface area contributed by atoms with Crippen LogP contribution in [-0.2, 0) is 6.42 Å². The van der Waals surface area contributed by atoms with E-state index in [-0.39, 0.29) is 5.91 Å². The normalized spacial score (nSPS) is 12.8. The van der Waals surface area contributed by atoms with Crippen molar-refractivity contribution in [2.75, 3.05) is 16.8 Å². The van der Waals surface area contributed by atoms with Gasteiger partial charge in [0.15, 0.2) is 0 Å². The third-order valence-electron chi connectivity index (χ3n) is 4.72. The van der Waals surface area contributed by atoms with Gasteiger partial charge in [-0.1, -0.05) is 35.9 Å². The molecule has 0 aliphatic carbocycles. The zero-order valence-corrected chi connectivity index (χ0v) is 15.9. The van der Waals surface area contributed by atoms with Crippen LogP contribution in [0, 0.1) is 13.8 Å². The fourth-order valence-electron chi connectivity index (χ4n) is 3.28. The van der Waals surface area contributed by atoms with E-state index >= 15 is 0 Å². The van der Waals surface area contributed by atoms with Crippen LogP contribution >= 0.6 is 11.6 Å². The number of hydrogen-bond acceptors (Lipinski definition) is 4. The predicted molar refractivity (Wildman–Crippen MR) is 108 cm³/mol. The number of benzene rings is 2. The molecule has 2 heterocycles. The maximum Gasteiger partial charge on any atom is 0.277 e. The second kappa shape index (κ2) is 7.00. The SMILES string of the molecule is Cc1cc(C(=O)N2CCc3ccccc32)nc(Nc2cccc(Cl)c2C)n1. The summed E-state index contributed by atoms with van der Waals surface area (Å²) in [5, 5.41) is 3.85. The zero-order valence-electron chi connectivity index (χ0n) is 15.2. The van der Waals surface area contributed by atoms with Crippen LogP contribution in [0.2, 0.25) is 5.02 Å². The fourth-order valence-corrected chi connectivity index (χ4v) is 3.46. The molecule has 0 spiro atoms. The van der Waals surface area contributed by atoms with E-state index in [0.717, 1.165) is 29.1 Å². The fraction of sp³-hybridized carbons (Fsp3) is 0.190. The van der Waals surface area contributed by atoms with Gasteiger partial charge in [-0.25, -0.2) is 9.97 Å². The molecule has 0 saturated carbocycles. The number of aryl methyl sites for hydroxylation is 1. The highest BCUT2D eigenvalue weighted by molar-refractivity contribution is 6.31. The Hall–Kier alpha value is -2.92. The lowest BCUT2D eigenvalue weighted by atomic mass is 10.2. The minimum atomic E-state index is -0.115. The lowest BCUT2D eigenvalue weighted by molar-refractivity contribution is 0.0984. The molecule has 1 aliphatic rings. The smallest absolute Gasteiger partial charge is 0.277 e. The van der Waals surface area contributed by atoms with E-state index in [0.29, 0.717) is 23.2 Å². The monoisotopic (exact) mass is 378 g/mol. The number of halogens is 1. The van der Waals surface area contributed by atoms with Crippen molar-refractivity contribution in [2.24, 2.45) is 0 Å². The Bertz CT molecular complexity index is 1030. The van der Waals surface area contributed by atoms with Gasteiger partial charge in [0.1, 0.15) is 5.69 Å². The van der Waals surface area contributed by atoms with E-state index < -0.39 is 0 Å². The highest BCUT2D eigenvalue weighted by Gasteiger charge is 2.26. The summed E-state index contributed by atoms with van der Waals surface area (Å²) in [6.07, 6.45) is 0.860.